The summed E-state index contributed by atoms with van der Waals surface area (Å²) in [4.78, 5) is 24.6. The minimum Gasteiger partial charge on any atom is -0.491 e. The molecule has 0 N–H and O–H groups in total. The lowest BCUT2D eigenvalue weighted by Gasteiger charge is -2.38. The average molecular weight is 225 g/mol. The molecule has 0 saturated carbocycles. The van der Waals surface area contributed by atoms with Crippen molar-refractivity contribution in [2.75, 3.05) is 19.1 Å². The van der Waals surface area contributed by atoms with Gasteiger partial charge in [0.25, 0.3) is 10.9 Å². The van der Waals surface area contributed by atoms with Gasteiger partial charge in [0.1, 0.15) is 5.69 Å². The standard InChI is InChI=1S/C12H19NO3/c1-6-7-12(2,3)13(4)8-9(14)10(15)11(8)16-5/h6-7H2,1-5H3. The Bertz CT molecular complexity index is 441. The van der Waals surface area contributed by atoms with E-state index in [0.29, 0.717) is 5.69 Å². The summed E-state index contributed by atoms with van der Waals surface area (Å²) in [6, 6.07) is 0. The summed E-state index contributed by atoms with van der Waals surface area (Å²) in [7, 11) is 3.24. The van der Waals surface area contributed by atoms with Crippen molar-refractivity contribution in [2.45, 2.75) is 39.2 Å². The summed E-state index contributed by atoms with van der Waals surface area (Å²) in [5, 5.41) is 0. The van der Waals surface area contributed by atoms with E-state index in [9.17, 15) is 9.59 Å². The molecule has 90 valence electrons. The third-order valence-corrected chi connectivity index (χ3v) is 3.15. The second-order valence-electron chi connectivity index (χ2n) is 4.66. The second-order valence-corrected chi connectivity index (χ2v) is 4.66. The van der Waals surface area contributed by atoms with E-state index in [-0.39, 0.29) is 11.3 Å². The summed E-state index contributed by atoms with van der Waals surface area (Å²) >= 11 is 0. The molecular weight excluding hydrogens is 206 g/mol. The van der Waals surface area contributed by atoms with Gasteiger partial charge in [-0.15, -0.1) is 0 Å². The second kappa shape index (κ2) is 4.28. The Kier molecular flexibility index (Phi) is 3.41. The quantitative estimate of drug-likeness (QED) is 0.709. The van der Waals surface area contributed by atoms with Gasteiger partial charge >= 0.3 is 0 Å². The smallest absolute Gasteiger partial charge is 0.272 e. The van der Waals surface area contributed by atoms with Gasteiger partial charge in [0, 0.05) is 12.6 Å². The molecule has 0 aliphatic carbocycles. The lowest BCUT2D eigenvalue weighted by molar-refractivity contribution is 0.391. The van der Waals surface area contributed by atoms with Crippen LogP contribution in [0.15, 0.2) is 9.59 Å². The van der Waals surface area contributed by atoms with Crippen molar-refractivity contribution in [3.05, 3.63) is 20.4 Å². The molecular formula is C12H19NO3. The summed E-state index contributed by atoms with van der Waals surface area (Å²) < 4.78 is 4.94. The monoisotopic (exact) mass is 225 g/mol. The highest BCUT2D eigenvalue weighted by Crippen LogP contribution is 2.29. The molecule has 1 rings (SSSR count). The maximum atomic E-state index is 11.5. The third kappa shape index (κ3) is 1.84. The van der Waals surface area contributed by atoms with Crippen LogP contribution < -0.4 is 20.5 Å². The van der Waals surface area contributed by atoms with Crippen LogP contribution in [-0.4, -0.2) is 19.7 Å². The first-order chi connectivity index (χ1) is 7.36. The number of hydrogen-bond acceptors (Lipinski definition) is 4. The van der Waals surface area contributed by atoms with E-state index in [2.05, 4.69) is 6.92 Å². The van der Waals surface area contributed by atoms with Gasteiger partial charge in [0.2, 0.25) is 0 Å². The first-order valence-electron chi connectivity index (χ1n) is 5.48. The zero-order valence-electron chi connectivity index (χ0n) is 10.6. The van der Waals surface area contributed by atoms with Crippen molar-refractivity contribution < 1.29 is 4.74 Å². The molecule has 0 aromatic heterocycles. The molecule has 1 aromatic rings. The van der Waals surface area contributed by atoms with E-state index in [0.717, 1.165) is 12.8 Å². The highest BCUT2D eigenvalue weighted by atomic mass is 16.5. The maximum absolute atomic E-state index is 11.5. The highest BCUT2D eigenvalue weighted by molar-refractivity contribution is 5.64. The fourth-order valence-corrected chi connectivity index (χ4v) is 1.93. The molecule has 0 unspecified atom stereocenters. The molecule has 0 saturated heterocycles. The number of ether oxygens (including phenoxy) is 1. The van der Waals surface area contributed by atoms with E-state index >= 15 is 0 Å². The first-order valence-corrected chi connectivity index (χ1v) is 5.48. The van der Waals surface area contributed by atoms with Crippen LogP contribution in [0, 0.1) is 0 Å². The van der Waals surface area contributed by atoms with E-state index in [1.165, 1.54) is 7.11 Å². The normalized spacial score (nSPS) is 11.8. The predicted molar refractivity (Wildman–Crippen MR) is 65.3 cm³/mol. The van der Waals surface area contributed by atoms with Crippen molar-refractivity contribution in [2.24, 2.45) is 0 Å². The molecule has 1 aromatic carbocycles. The van der Waals surface area contributed by atoms with Crippen LogP contribution in [-0.2, 0) is 0 Å². The summed E-state index contributed by atoms with van der Waals surface area (Å²) in [6.45, 7) is 6.19. The zero-order valence-corrected chi connectivity index (χ0v) is 10.6. The number of anilines is 1. The SMILES string of the molecule is CCCC(C)(C)N(C)c1c(OC)c(=O)c1=O. The van der Waals surface area contributed by atoms with E-state index in [1.54, 1.807) is 0 Å². The maximum Gasteiger partial charge on any atom is 0.272 e. The van der Waals surface area contributed by atoms with Gasteiger partial charge in [-0.3, -0.25) is 9.59 Å². The van der Waals surface area contributed by atoms with Gasteiger partial charge in [-0.2, -0.15) is 0 Å². The molecule has 4 nitrogen and oxygen atoms in total. The van der Waals surface area contributed by atoms with Crippen LogP contribution in [0.3, 0.4) is 0 Å². The first kappa shape index (κ1) is 12.7. The van der Waals surface area contributed by atoms with Crippen LogP contribution in [0.25, 0.3) is 0 Å². The number of rotatable bonds is 5. The van der Waals surface area contributed by atoms with E-state index in [1.807, 2.05) is 25.8 Å². The van der Waals surface area contributed by atoms with Crippen molar-refractivity contribution in [1.82, 2.24) is 0 Å². The summed E-state index contributed by atoms with van der Waals surface area (Å²) in [6.07, 6.45) is 1.97. The minimum absolute atomic E-state index is 0.149. The lowest BCUT2D eigenvalue weighted by Crippen LogP contribution is -2.48. The highest BCUT2D eigenvalue weighted by Gasteiger charge is 2.32. The molecule has 0 radical (unpaired) electrons. The largest absolute Gasteiger partial charge is 0.491 e. The van der Waals surface area contributed by atoms with Gasteiger partial charge in [0.15, 0.2) is 5.75 Å². The van der Waals surface area contributed by atoms with Crippen molar-refractivity contribution in [3.8, 4) is 5.75 Å². The Hall–Kier alpha value is -1.32. The fraction of sp³-hybridized carbons (Fsp3) is 0.667. The molecule has 0 atom stereocenters. The molecule has 16 heavy (non-hydrogen) atoms. The third-order valence-electron chi connectivity index (χ3n) is 3.15. The number of methoxy groups -OCH3 is 1. The van der Waals surface area contributed by atoms with Gasteiger partial charge in [-0.25, -0.2) is 0 Å². The molecule has 0 spiro atoms. The van der Waals surface area contributed by atoms with Crippen LogP contribution in [0.1, 0.15) is 33.6 Å². The Labute approximate surface area is 95.5 Å². The van der Waals surface area contributed by atoms with Crippen LogP contribution in [0.5, 0.6) is 5.75 Å². The Balaban J connectivity index is 3.06. The summed E-state index contributed by atoms with van der Waals surface area (Å²) in [5.74, 6) is 0.191. The lowest BCUT2D eigenvalue weighted by atomic mass is 9.95. The molecule has 0 aliphatic rings. The van der Waals surface area contributed by atoms with E-state index in [4.69, 9.17) is 4.74 Å². The van der Waals surface area contributed by atoms with Crippen molar-refractivity contribution in [1.29, 1.82) is 0 Å². The number of nitrogens with zero attached hydrogens (tertiary/aromatic N) is 1. The average Bonchev–Trinajstić information content (AvgIpc) is 2.23. The Morgan fingerprint density at radius 2 is 1.81 bits per heavy atom. The molecule has 0 heterocycles. The van der Waals surface area contributed by atoms with Gasteiger partial charge in [-0.1, -0.05) is 13.3 Å². The molecule has 0 fully saturated rings. The van der Waals surface area contributed by atoms with Gasteiger partial charge < -0.3 is 9.64 Å². The van der Waals surface area contributed by atoms with Crippen molar-refractivity contribution >= 4 is 5.69 Å². The Morgan fingerprint density at radius 1 is 1.25 bits per heavy atom. The number of hydrogen-bond donors (Lipinski definition) is 0. The Morgan fingerprint density at radius 3 is 2.25 bits per heavy atom. The summed E-state index contributed by atoms with van der Waals surface area (Å²) in [5.41, 5.74) is -0.698. The van der Waals surface area contributed by atoms with Gasteiger partial charge in [0.05, 0.1) is 7.11 Å². The molecule has 0 aliphatic heterocycles. The fourth-order valence-electron chi connectivity index (χ4n) is 1.93. The molecule has 0 bridgehead atoms. The predicted octanol–water partition coefficient (Wildman–Crippen LogP) is 1.31. The van der Waals surface area contributed by atoms with Crippen LogP contribution in [0.4, 0.5) is 5.69 Å². The molecule has 4 heteroatoms. The minimum atomic E-state index is -0.517. The molecule has 0 amide bonds. The van der Waals surface area contributed by atoms with Crippen LogP contribution >= 0.6 is 0 Å². The van der Waals surface area contributed by atoms with Crippen molar-refractivity contribution in [3.63, 3.8) is 0 Å². The van der Waals surface area contributed by atoms with E-state index < -0.39 is 10.9 Å². The zero-order chi connectivity index (χ0) is 12.5. The van der Waals surface area contributed by atoms with Crippen LogP contribution in [0.2, 0.25) is 0 Å². The topological polar surface area (TPSA) is 46.6 Å². The van der Waals surface area contributed by atoms with Gasteiger partial charge in [-0.05, 0) is 20.3 Å².